The van der Waals surface area contributed by atoms with Gasteiger partial charge in [0, 0.05) is 38.4 Å². The minimum atomic E-state index is 0.623. The molecule has 0 spiro atoms. The van der Waals surface area contributed by atoms with Gasteiger partial charge in [-0.25, -0.2) is 9.97 Å². The van der Waals surface area contributed by atoms with Crippen LogP contribution in [0.1, 0.15) is 0 Å². The van der Waals surface area contributed by atoms with E-state index in [1.165, 1.54) is 0 Å². The van der Waals surface area contributed by atoms with E-state index in [1.54, 1.807) is 20.5 Å². The Balaban J connectivity index is 2.37. The van der Waals surface area contributed by atoms with Gasteiger partial charge >= 0.3 is 0 Å². The van der Waals surface area contributed by atoms with Crippen LogP contribution in [0.5, 0.6) is 0 Å². The van der Waals surface area contributed by atoms with Gasteiger partial charge in [-0.15, -0.1) is 0 Å². The smallest absolute Gasteiger partial charge is 0.140 e. The lowest BCUT2D eigenvalue weighted by Crippen LogP contribution is -2.31. The molecule has 2 N–H and O–H groups in total. The number of fused-ring (bicyclic) bond motifs is 1. The van der Waals surface area contributed by atoms with Gasteiger partial charge in [0.1, 0.15) is 12.1 Å². The summed E-state index contributed by atoms with van der Waals surface area (Å²) in [5.41, 5.74) is 7.45. The minimum Gasteiger partial charge on any atom is -0.399 e. The van der Waals surface area contributed by atoms with E-state index in [4.69, 9.17) is 15.2 Å². The molecule has 0 aliphatic carbocycles. The van der Waals surface area contributed by atoms with Crippen LogP contribution >= 0.6 is 0 Å². The third kappa shape index (κ3) is 3.34. The lowest BCUT2D eigenvalue weighted by Gasteiger charge is -2.24. The minimum absolute atomic E-state index is 0.623. The monoisotopic (exact) mass is 276 g/mol. The fraction of sp³-hybridized carbons (Fsp3) is 0.429. The lowest BCUT2D eigenvalue weighted by atomic mass is 10.2. The number of nitrogens with zero attached hydrogens (tertiary/aromatic N) is 3. The van der Waals surface area contributed by atoms with E-state index in [-0.39, 0.29) is 0 Å². The summed E-state index contributed by atoms with van der Waals surface area (Å²) in [4.78, 5) is 10.8. The maximum absolute atomic E-state index is 5.87. The maximum Gasteiger partial charge on any atom is 0.140 e. The predicted octanol–water partition coefficient (Wildman–Crippen LogP) is 1.31. The first-order chi connectivity index (χ1) is 9.76. The van der Waals surface area contributed by atoms with Crippen LogP contribution in [-0.2, 0) is 9.47 Å². The number of rotatable bonds is 7. The highest BCUT2D eigenvalue weighted by atomic mass is 16.5. The van der Waals surface area contributed by atoms with Crippen LogP contribution in [0.4, 0.5) is 11.5 Å². The Morgan fingerprint density at radius 1 is 1.10 bits per heavy atom. The topological polar surface area (TPSA) is 73.5 Å². The second-order valence-corrected chi connectivity index (χ2v) is 4.45. The lowest BCUT2D eigenvalue weighted by molar-refractivity contribution is 0.190. The van der Waals surface area contributed by atoms with Crippen molar-refractivity contribution < 1.29 is 9.47 Å². The Bertz CT molecular complexity index is 554. The Morgan fingerprint density at radius 2 is 1.80 bits per heavy atom. The van der Waals surface area contributed by atoms with Gasteiger partial charge in [-0.05, 0) is 18.2 Å². The highest BCUT2D eigenvalue weighted by Crippen LogP contribution is 2.24. The number of hydrogen-bond donors (Lipinski definition) is 1. The fourth-order valence-electron chi connectivity index (χ4n) is 2.04. The van der Waals surface area contributed by atoms with Gasteiger partial charge in [-0.1, -0.05) is 0 Å². The number of anilines is 2. The highest BCUT2D eigenvalue weighted by molar-refractivity contribution is 5.91. The van der Waals surface area contributed by atoms with Crippen molar-refractivity contribution in [1.82, 2.24) is 9.97 Å². The van der Waals surface area contributed by atoms with Gasteiger partial charge in [0.2, 0.25) is 0 Å². The number of hydrogen-bond acceptors (Lipinski definition) is 6. The molecule has 0 saturated heterocycles. The van der Waals surface area contributed by atoms with Crippen molar-refractivity contribution in [3.63, 3.8) is 0 Å². The summed E-state index contributed by atoms with van der Waals surface area (Å²) in [6.45, 7) is 2.72. The van der Waals surface area contributed by atoms with Crippen molar-refractivity contribution in [3.8, 4) is 0 Å². The first-order valence-corrected chi connectivity index (χ1v) is 6.49. The first-order valence-electron chi connectivity index (χ1n) is 6.49. The first kappa shape index (κ1) is 14.5. The molecule has 6 nitrogen and oxygen atoms in total. The molecule has 0 unspecified atom stereocenters. The zero-order valence-corrected chi connectivity index (χ0v) is 11.9. The second-order valence-electron chi connectivity index (χ2n) is 4.45. The molecule has 0 fully saturated rings. The summed E-state index contributed by atoms with van der Waals surface area (Å²) in [6, 6.07) is 5.64. The van der Waals surface area contributed by atoms with Crippen LogP contribution in [0.15, 0.2) is 24.5 Å². The molecule has 20 heavy (non-hydrogen) atoms. The van der Waals surface area contributed by atoms with Crippen molar-refractivity contribution in [1.29, 1.82) is 0 Å². The summed E-state index contributed by atoms with van der Waals surface area (Å²) >= 11 is 0. The number of nitrogens with two attached hydrogens (primary N) is 1. The van der Waals surface area contributed by atoms with Gasteiger partial charge in [0.05, 0.1) is 18.7 Å². The summed E-state index contributed by atoms with van der Waals surface area (Å²) < 4.78 is 10.3. The van der Waals surface area contributed by atoms with E-state index < -0.39 is 0 Å². The summed E-state index contributed by atoms with van der Waals surface area (Å²) in [7, 11) is 3.37. The van der Waals surface area contributed by atoms with E-state index in [2.05, 4.69) is 14.9 Å². The predicted molar refractivity (Wildman–Crippen MR) is 79.9 cm³/mol. The van der Waals surface area contributed by atoms with Crippen LogP contribution in [0.2, 0.25) is 0 Å². The van der Waals surface area contributed by atoms with E-state index in [9.17, 15) is 0 Å². The molecular formula is C14H20N4O2. The number of methoxy groups -OCH3 is 2. The standard InChI is InChI=1S/C14H20N4O2/c1-19-7-5-18(6-8-20-2)14-12-9-11(15)3-4-13(12)16-10-17-14/h3-4,9-10H,5-8,15H2,1-2H3. The van der Waals surface area contributed by atoms with Crippen LogP contribution in [-0.4, -0.2) is 50.5 Å². The van der Waals surface area contributed by atoms with Crippen LogP contribution in [0.25, 0.3) is 10.9 Å². The Hall–Kier alpha value is -1.92. The highest BCUT2D eigenvalue weighted by Gasteiger charge is 2.12. The Morgan fingerprint density at radius 3 is 2.45 bits per heavy atom. The molecule has 2 rings (SSSR count). The Labute approximate surface area is 118 Å². The van der Waals surface area contributed by atoms with Crippen molar-refractivity contribution in [3.05, 3.63) is 24.5 Å². The summed E-state index contributed by atoms with van der Waals surface area (Å²) in [6.07, 6.45) is 1.57. The number of benzene rings is 1. The molecule has 0 aliphatic rings. The number of ether oxygens (including phenoxy) is 2. The Kier molecular flexibility index (Phi) is 5.09. The van der Waals surface area contributed by atoms with Crippen molar-refractivity contribution >= 4 is 22.4 Å². The molecule has 6 heteroatoms. The molecular weight excluding hydrogens is 256 g/mol. The van der Waals surface area contributed by atoms with Gasteiger partial charge in [0.15, 0.2) is 0 Å². The molecule has 0 radical (unpaired) electrons. The average Bonchev–Trinajstić information content (AvgIpc) is 2.47. The van der Waals surface area contributed by atoms with E-state index >= 15 is 0 Å². The molecule has 0 saturated carbocycles. The molecule has 2 aromatic rings. The van der Waals surface area contributed by atoms with Crippen LogP contribution in [0.3, 0.4) is 0 Å². The van der Waals surface area contributed by atoms with E-state index in [0.29, 0.717) is 18.9 Å². The van der Waals surface area contributed by atoms with Crippen molar-refractivity contribution in [2.45, 2.75) is 0 Å². The zero-order valence-electron chi connectivity index (χ0n) is 11.9. The maximum atomic E-state index is 5.87. The van der Waals surface area contributed by atoms with E-state index in [1.807, 2.05) is 18.2 Å². The van der Waals surface area contributed by atoms with Crippen LogP contribution < -0.4 is 10.6 Å². The van der Waals surface area contributed by atoms with E-state index in [0.717, 1.165) is 29.8 Å². The van der Waals surface area contributed by atoms with Crippen LogP contribution in [0, 0.1) is 0 Å². The average molecular weight is 276 g/mol. The molecule has 1 aromatic heterocycles. The van der Waals surface area contributed by atoms with Gasteiger partial charge < -0.3 is 20.1 Å². The normalized spacial score (nSPS) is 10.9. The molecule has 0 aliphatic heterocycles. The molecule has 1 aromatic carbocycles. The summed E-state index contributed by atoms with van der Waals surface area (Å²) in [5, 5.41) is 0.944. The third-order valence-electron chi connectivity index (χ3n) is 3.07. The molecule has 0 atom stereocenters. The summed E-state index contributed by atoms with van der Waals surface area (Å²) in [5.74, 6) is 0.858. The van der Waals surface area contributed by atoms with Gasteiger partial charge in [0.25, 0.3) is 0 Å². The van der Waals surface area contributed by atoms with Gasteiger partial charge in [-0.3, -0.25) is 0 Å². The number of nitrogen functional groups attached to an aromatic ring is 1. The quantitative estimate of drug-likeness (QED) is 0.769. The third-order valence-corrected chi connectivity index (χ3v) is 3.07. The molecule has 0 bridgehead atoms. The molecule has 1 heterocycles. The second kappa shape index (κ2) is 7.02. The fourth-order valence-corrected chi connectivity index (χ4v) is 2.04. The molecule has 0 amide bonds. The van der Waals surface area contributed by atoms with Crippen molar-refractivity contribution in [2.24, 2.45) is 0 Å². The van der Waals surface area contributed by atoms with Crippen molar-refractivity contribution in [2.75, 3.05) is 51.2 Å². The number of aromatic nitrogens is 2. The molecule has 108 valence electrons. The largest absolute Gasteiger partial charge is 0.399 e. The SMILES string of the molecule is COCCN(CCOC)c1ncnc2ccc(N)cc12. The van der Waals surface area contributed by atoms with Gasteiger partial charge in [-0.2, -0.15) is 0 Å². The zero-order chi connectivity index (χ0) is 14.4.